The van der Waals surface area contributed by atoms with Gasteiger partial charge in [-0.2, -0.15) is 9.61 Å². The topological polar surface area (TPSA) is 55.1 Å². The molecule has 0 radical (unpaired) electrons. The third kappa shape index (κ3) is 2.65. The number of aromatic nitrogens is 4. The summed E-state index contributed by atoms with van der Waals surface area (Å²) in [6, 6.07) is 10.2. The third-order valence-corrected chi connectivity index (χ3v) is 4.93. The normalized spacial score (nSPS) is 11.1. The van der Waals surface area contributed by atoms with Gasteiger partial charge in [0.15, 0.2) is 5.65 Å². The standard InChI is InChI=1S/C18H17N5S/c1-12-13(2)21-17-9-15(16-6-4-8-24-16)22-23(17)18(12)20-11-14-5-3-7-19-10-14/h3-10,20H,11H2,1-2H3. The first-order valence-electron chi connectivity index (χ1n) is 7.76. The number of pyridine rings is 1. The van der Waals surface area contributed by atoms with Crippen molar-refractivity contribution in [1.29, 1.82) is 0 Å². The third-order valence-electron chi connectivity index (χ3n) is 4.04. The van der Waals surface area contributed by atoms with Gasteiger partial charge in [-0.25, -0.2) is 4.98 Å². The predicted octanol–water partition coefficient (Wildman–Crippen LogP) is 4.08. The van der Waals surface area contributed by atoms with Crippen LogP contribution in [0.2, 0.25) is 0 Å². The van der Waals surface area contributed by atoms with Crippen molar-refractivity contribution in [3.63, 3.8) is 0 Å². The molecule has 24 heavy (non-hydrogen) atoms. The summed E-state index contributed by atoms with van der Waals surface area (Å²) < 4.78 is 1.90. The molecule has 0 unspecified atom stereocenters. The molecule has 4 aromatic heterocycles. The van der Waals surface area contributed by atoms with Crippen molar-refractivity contribution in [3.8, 4) is 10.6 Å². The van der Waals surface area contributed by atoms with Gasteiger partial charge in [0.1, 0.15) is 11.5 Å². The van der Waals surface area contributed by atoms with Gasteiger partial charge in [-0.05, 0) is 36.9 Å². The maximum atomic E-state index is 4.76. The summed E-state index contributed by atoms with van der Waals surface area (Å²) >= 11 is 1.68. The van der Waals surface area contributed by atoms with Gasteiger partial charge in [0.2, 0.25) is 0 Å². The van der Waals surface area contributed by atoms with Crippen LogP contribution in [0.3, 0.4) is 0 Å². The highest BCUT2D eigenvalue weighted by Crippen LogP contribution is 2.27. The number of nitrogens with one attached hydrogen (secondary N) is 1. The highest BCUT2D eigenvalue weighted by atomic mass is 32.1. The van der Waals surface area contributed by atoms with E-state index in [-0.39, 0.29) is 0 Å². The Morgan fingerprint density at radius 3 is 2.88 bits per heavy atom. The lowest BCUT2D eigenvalue weighted by Gasteiger charge is -2.13. The Morgan fingerprint density at radius 1 is 1.21 bits per heavy atom. The second-order valence-electron chi connectivity index (χ2n) is 5.66. The Labute approximate surface area is 144 Å². The summed E-state index contributed by atoms with van der Waals surface area (Å²) in [5, 5.41) is 10.3. The molecule has 0 aromatic carbocycles. The fraction of sp³-hybridized carbons (Fsp3) is 0.167. The first-order valence-corrected chi connectivity index (χ1v) is 8.64. The lowest BCUT2D eigenvalue weighted by molar-refractivity contribution is 0.906. The molecule has 0 aliphatic carbocycles. The summed E-state index contributed by atoms with van der Waals surface area (Å²) in [6.45, 7) is 4.80. The average molecular weight is 335 g/mol. The van der Waals surface area contributed by atoms with Crippen molar-refractivity contribution >= 4 is 22.8 Å². The van der Waals surface area contributed by atoms with E-state index in [0.29, 0.717) is 6.54 Å². The molecule has 0 aliphatic rings. The van der Waals surface area contributed by atoms with Crippen molar-refractivity contribution in [1.82, 2.24) is 19.6 Å². The molecular formula is C18H17N5S. The van der Waals surface area contributed by atoms with Crippen molar-refractivity contribution < 1.29 is 0 Å². The average Bonchev–Trinajstić information content (AvgIpc) is 3.25. The number of hydrogen-bond acceptors (Lipinski definition) is 5. The van der Waals surface area contributed by atoms with E-state index in [1.165, 1.54) is 0 Å². The molecule has 0 bridgehead atoms. The molecule has 0 fully saturated rings. The summed E-state index contributed by atoms with van der Waals surface area (Å²) in [5.41, 5.74) is 5.05. The van der Waals surface area contributed by atoms with Crippen LogP contribution >= 0.6 is 11.3 Å². The molecule has 0 amide bonds. The van der Waals surface area contributed by atoms with Crippen molar-refractivity contribution in [2.75, 3.05) is 5.32 Å². The van der Waals surface area contributed by atoms with Crippen LogP contribution in [-0.2, 0) is 6.54 Å². The number of thiophene rings is 1. The fourth-order valence-electron chi connectivity index (χ4n) is 2.64. The Morgan fingerprint density at radius 2 is 2.12 bits per heavy atom. The van der Waals surface area contributed by atoms with Crippen molar-refractivity contribution in [2.24, 2.45) is 0 Å². The van der Waals surface area contributed by atoms with Gasteiger partial charge in [-0.15, -0.1) is 11.3 Å². The van der Waals surface area contributed by atoms with Gasteiger partial charge in [-0.3, -0.25) is 4.98 Å². The van der Waals surface area contributed by atoms with E-state index in [4.69, 9.17) is 5.10 Å². The first kappa shape index (κ1) is 14.8. The second kappa shape index (κ2) is 6.05. The Hall–Kier alpha value is -2.73. The van der Waals surface area contributed by atoms with E-state index < -0.39 is 0 Å². The molecule has 4 aromatic rings. The highest BCUT2D eigenvalue weighted by molar-refractivity contribution is 7.13. The molecule has 0 atom stereocenters. The van der Waals surface area contributed by atoms with Gasteiger partial charge in [0.25, 0.3) is 0 Å². The summed E-state index contributed by atoms with van der Waals surface area (Å²) in [7, 11) is 0. The van der Waals surface area contributed by atoms with E-state index >= 15 is 0 Å². The monoisotopic (exact) mass is 335 g/mol. The van der Waals surface area contributed by atoms with Gasteiger partial charge in [-0.1, -0.05) is 12.1 Å². The zero-order valence-electron chi connectivity index (χ0n) is 13.5. The van der Waals surface area contributed by atoms with E-state index in [1.807, 2.05) is 35.8 Å². The maximum Gasteiger partial charge on any atom is 0.158 e. The Bertz CT molecular complexity index is 974. The number of hydrogen-bond donors (Lipinski definition) is 1. The molecule has 1 N–H and O–H groups in total. The van der Waals surface area contributed by atoms with Crippen LogP contribution in [0.5, 0.6) is 0 Å². The smallest absolute Gasteiger partial charge is 0.158 e. The molecule has 4 rings (SSSR count). The largest absolute Gasteiger partial charge is 0.366 e. The minimum atomic E-state index is 0.696. The minimum absolute atomic E-state index is 0.696. The summed E-state index contributed by atoms with van der Waals surface area (Å²) in [6.07, 6.45) is 3.65. The van der Waals surface area contributed by atoms with Crippen molar-refractivity contribution in [2.45, 2.75) is 20.4 Å². The van der Waals surface area contributed by atoms with E-state index in [9.17, 15) is 0 Å². The molecular weight excluding hydrogens is 318 g/mol. The number of rotatable bonds is 4. The number of aryl methyl sites for hydroxylation is 1. The van der Waals surface area contributed by atoms with Crippen LogP contribution in [-0.4, -0.2) is 19.6 Å². The summed E-state index contributed by atoms with van der Waals surface area (Å²) in [5.74, 6) is 0.976. The van der Waals surface area contributed by atoms with E-state index in [0.717, 1.165) is 38.9 Å². The zero-order chi connectivity index (χ0) is 16.5. The molecule has 0 spiro atoms. The van der Waals surface area contributed by atoms with Gasteiger partial charge < -0.3 is 5.32 Å². The summed E-state index contributed by atoms with van der Waals surface area (Å²) in [4.78, 5) is 9.99. The lowest BCUT2D eigenvalue weighted by Crippen LogP contribution is -2.09. The molecule has 0 saturated carbocycles. The Kier molecular flexibility index (Phi) is 3.74. The quantitative estimate of drug-likeness (QED) is 0.610. The van der Waals surface area contributed by atoms with Crippen LogP contribution in [0.4, 0.5) is 5.82 Å². The maximum absolute atomic E-state index is 4.76. The van der Waals surface area contributed by atoms with Crippen LogP contribution in [0.1, 0.15) is 16.8 Å². The molecule has 5 nitrogen and oxygen atoms in total. The number of anilines is 1. The predicted molar refractivity (Wildman–Crippen MR) is 97.3 cm³/mol. The van der Waals surface area contributed by atoms with Gasteiger partial charge >= 0.3 is 0 Å². The second-order valence-corrected chi connectivity index (χ2v) is 6.61. The van der Waals surface area contributed by atoms with Crippen molar-refractivity contribution in [3.05, 3.63) is 64.9 Å². The molecule has 6 heteroatoms. The fourth-order valence-corrected chi connectivity index (χ4v) is 3.32. The van der Waals surface area contributed by atoms with Gasteiger partial charge in [0, 0.05) is 36.3 Å². The van der Waals surface area contributed by atoms with E-state index in [1.54, 1.807) is 17.5 Å². The van der Waals surface area contributed by atoms with Crippen LogP contribution in [0.25, 0.3) is 16.2 Å². The van der Waals surface area contributed by atoms with E-state index in [2.05, 4.69) is 39.7 Å². The van der Waals surface area contributed by atoms with Crippen LogP contribution < -0.4 is 5.32 Å². The molecule has 0 saturated heterocycles. The number of nitrogens with zero attached hydrogens (tertiary/aromatic N) is 4. The zero-order valence-corrected chi connectivity index (χ0v) is 14.3. The number of fused-ring (bicyclic) bond motifs is 1. The molecule has 4 heterocycles. The first-order chi connectivity index (χ1) is 11.7. The molecule has 0 aliphatic heterocycles. The molecule has 120 valence electrons. The minimum Gasteiger partial charge on any atom is -0.366 e. The van der Waals surface area contributed by atoms with Crippen LogP contribution in [0, 0.1) is 13.8 Å². The lowest BCUT2D eigenvalue weighted by atomic mass is 10.2. The Balaban J connectivity index is 1.76. The SMILES string of the molecule is Cc1nc2cc(-c3cccs3)nn2c(NCc2cccnc2)c1C. The highest BCUT2D eigenvalue weighted by Gasteiger charge is 2.13. The van der Waals surface area contributed by atoms with Crippen LogP contribution in [0.15, 0.2) is 48.1 Å². The van der Waals surface area contributed by atoms with Gasteiger partial charge in [0.05, 0.1) is 4.88 Å².